The lowest BCUT2D eigenvalue weighted by Gasteiger charge is -2.43. The Balaban J connectivity index is 2.29. The molecule has 0 aromatic rings. The highest BCUT2D eigenvalue weighted by Gasteiger charge is 2.64. The molecular weight excluding hydrogens is 182 g/mol. The maximum Gasteiger partial charge on any atom is 0.232 e. The standard InChI is InChI=1S/C10H17NO3/c1-9(2)7-3-4-8(5-7)10(9,12)6-11(13)14/h7-8,12H,3-6H2,1-2H3. The molecule has 2 saturated carbocycles. The molecule has 0 amide bonds. The second kappa shape index (κ2) is 2.69. The van der Waals surface area contributed by atoms with Crippen molar-refractivity contribution in [3.8, 4) is 0 Å². The molecule has 0 heterocycles. The predicted molar refractivity (Wildman–Crippen MR) is 51.4 cm³/mol. The van der Waals surface area contributed by atoms with Gasteiger partial charge in [-0.3, -0.25) is 10.1 Å². The number of fused-ring (bicyclic) bond motifs is 2. The van der Waals surface area contributed by atoms with Gasteiger partial charge in [0.05, 0.1) is 0 Å². The van der Waals surface area contributed by atoms with Crippen LogP contribution in [0.1, 0.15) is 33.1 Å². The Bertz CT molecular complexity index is 277. The lowest BCUT2D eigenvalue weighted by Crippen LogP contribution is -2.54. The van der Waals surface area contributed by atoms with E-state index in [4.69, 9.17) is 0 Å². The van der Waals surface area contributed by atoms with Crippen LogP contribution in [0.25, 0.3) is 0 Å². The second-order valence-electron chi connectivity index (χ2n) is 5.34. The normalized spacial score (nSPS) is 44.2. The first-order chi connectivity index (χ1) is 6.38. The summed E-state index contributed by atoms with van der Waals surface area (Å²) in [4.78, 5) is 10.2. The molecule has 2 aliphatic carbocycles. The molecule has 3 unspecified atom stereocenters. The summed E-state index contributed by atoms with van der Waals surface area (Å²) in [5, 5.41) is 21.0. The fourth-order valence-corrected chi connectivity index (χ4v) is 3.48. The van der Waals surface area contributed by atoms with E-state index in [0.717, 1.165) is 19.3 Å². The average Bonchev–Trinajstić information content (AvgIpc) is 2.54. The van der Waals surface area contributed by atoms with E-state index in [0.29, 0.717) is 5.92 Å². The lowest BCUT2D eigenvalue weighted by atomic mass is 9.65. The van der Waals surface area contributed by atoms with Gasteiger partial charge in [-0.15, -0.1) is 0 Å². The van der Waals surface area contributed by atoms with Crippen molar-refractivity contribution in [1.82, 2.24) is 0 Å². The summed E-state index contributed by atoms with van der Waals surface area (Å²) in [6, 6.07) is 0. The van der Waals surface area contributed by atoms with Crippen molar-refractivity contribution in [3.05, 3.63) is 10.1 Å². The van der Waals surface area contributed by atoms with E-state index in [1.807, 2.05) is 13.8 Å². The third-order valence-corrected chi connectivity index (χ3v) is 4.61. The Morgan fingerprint density at radius 3 is 2.43 bits per heavy atom. The predicted octanol–water partition coefficient (Wildman–Crippen LogP) is 1.45. The Morgan fingerprint density at radius 2 is 2.00 bits per heavy atom. The minimum Gasteiger partial charge on any atom is -0.382 e. The van der Waals surface area contributed by atoms with Gasteiger partial charge in [0.2, 0.25) is 6.54 Å². The van der Waals surface area contributed by atoms with E-state index in [2.05, 4.69) is 0 Å². The molecule has 1 N–H and O–H groups in total. The van der Waals surface area contributed by atoms with Crippen molar-refractivity contribution in [3.63, 3.8) is 0 Å². The van der Waals surface area contributed by atoms with E-state index >= 15 is 0 Å². The quantitative estimate of drug-likeness (QED) is 0.540. The molecule has 4 nitrogen and oxygen atoms in total. The molecule has 0 aliphatic heterocycles. The van der Waals surface area contributed by atoms with Gasteiger partial charge in [0.15, 0.2) is 0 Å². The van der Waals surface area contributed by atoms with Crippen LogP contribution in [-0.4, -0.2) is 22.2 Å². The third kappa shape index (κ3) is 1.03. The minimum absolute atomic E-state index is 0.146. The maximum absolute atomic E-state index is 10.6. The van der Waals surface area contributed by atoms with Crippen LogP contribution in [0.3, 0.4) is 0 Å². The number of nitro groups is 1. The van der Waals surface area contributed by atoms with Crippen LogP contribution in [0, 0.1) is 27.4 Å². The van der Waals surface area contributed by atoms with Crippen LogP contribution in [0.15, 0.2) is 0 Å². The summed E-state index contributed by atoms with van der Waals surface area (Å²) >= 11 is 0. The van der Waals surface area contributed by atoms with Gasteiger partial charge in [0, 0.05) is 10.3 Å². The molecule has 0 aromatic carbocycles. The molecule has 2 rings (SSSR count). The maximum atomic E-state index is 10.6. The molecule has 80 valence electrons. The summed E-state index contributed by atoms with van der Waals surface area (Å²) in [5.74, 6) is 0.616. The van der Waals surface area contributed by atoms with Crippen LogP contribution < -0.4 is 0 Å². The second-order valence-corrected chi connectivity index (χ2v) is 5.34. The largest absolute Gasteiger partial charge is 0.382 e. The van der Waals surface area contributed by atoms with E-state index in [1.165, 1.54) is 0 Å². The van der Waals surface area contributed by atoms with Gasteiger partial charge in [0.25, 0.3) is 0 Å². The number of hydrogen-bond acceptors (Lipinski definition) is 3. The van der Waals surface area contributed by atoms with Gasteiger partial charge in [-0.1, -0.05) is 13.8 Å². The van der Waals surface area contributed by atoms with E-state index in [1.54, 1.807) is 0 Å². The van der Waals surface area contributed by atoms with Crippen molar-refractivity contribution in [2.45, 2.75) is 38.7 Å². The topological polar surface area (TPSA) is 63.4 Å². The van der Waals surface area contributed by atoms with Crippen molar-refractivity contribution in [2.75, 3.05) is 6.54 Å². The highest BCUT2D eigenvalue weighted by atomic mass is 16.6. The number of hydrogen-bond donors (Lipinski definition) is 1. The van der Waals surface area contributed by atoms with Gasteiger partial charge in [-0.25, -0.2) is 0 Å². The Kier molecular flexibility index (Phi) is 1.90. The fourth-order valence-electron chi connectivity index (χ4n) is 3.48. The molecule has 2 aliphatic rings. The molecule has 0 radical (unpaired) electrons. The molecule has 0 aromatic heterocycles. The number of rotatable bonds is 2. The molecule has 0 saturated heterocycles. The van der Waals surface area contributed by atoms with Crippen LogP contribution in [0.2, 0.25) is 0 Å². The number of nitrogens with zero attached hydrogens (tertiary/aromatic N) is 1. The minimum atomic E-state index is -1.07. The molecule has 4 heteroatoms. The lowest BCUT2D eigenvalue weighted by molar-refractivity contribution is -0.509. The van der Waals surface area contributed by atoms with Crippen molar-refractivity contribution in [1.29, 1.82) is 0 Å². The van der Waals surface area contributed by atoms with Gasteiger partial charge >= 0.3 is 0 Å². The highest BCUT2D eigenvalue weighted by molar-refractivity contribution is 5.11. The zero-order valence-electron chi connectivity index (χ0n) is 8.69. The third-order valence-electron chi connectivity index (χ3n) is 4.61. The van der Waals surface area contributed by atoms with Gasteiger partial charge < -0.3 is 5.11 Å². The van der Waals surface area contributed by atoms with E-state index < -0.39 is 5.60 Å². The molecule has 3 atom stereocenters. The smallest absolute Gasteiger partial charge is 0.232 e. The highest BCUT2D eigenvalue weighted by Crippen LogP contribution is 2.61. The molecule has 0 spiro atoms. The van der Waals surface area contributed by atoms with Crippen molar-refractivity contribution in [2.24, 2.45) is 17.3 Å². The average molecular weight is 199 g/mol. The number of aliphatic hydroxyl groups is 1. The molecule has 2 bridgehead atoms. The van der Waals surface area contributed by atoms with Gasteiger partial charge in [-0.2, -0.15) is 0 Å². The van der Waals surface area contributed by atoms with E-state index in [-0.39, 0.29) is 22.8 Å². The first-order valence-corrected chi connectivity index (χ1v) is 5.22. The van der Waals surface area contributed by atoms with Crippen molar-refractivity contribution >= 4 is 0 Å². The fraction of sp³-hybridized carbons (Fsp3) is 1.00. The van der Waals surface area contributed by atoms with Crippen molar-refractivity contribution < 1.29 is 10.0 Å². The Hall–Kier alpha value is -0.640. The van der Waals surface area contributed by atoms with Crippen LogP contribution >= 0.6 is 0 Å². The molecule has 14 heavy (non-hydrogen) atoms. The summed E-state index contributed by atoms with van der Waals surface area (Å²) in [7, 11) is 0. The Labute approximate surface area is 83.5 Å². The first kappa shape index (κ1) is 9.90. The molecule has 2 fully saturated rings. The van der Waals surface area contributed by atoms with E-state index in [9.17, 15) is 15.2 Å². The summed E-state index contributed by atoms with van der Waals surface area (Å²) in [5.41, 5.74) is -1.36. The zero-order valence-corrected chi connectivity index (χ0v) is 8.69. The summed E-state index contributed by atoms with van der Waals surface area (Å²) in [6.45, 7) is 3.65. The first-order valence-electron chi connectivity index (χ1n) is 5.22. The SMILES string of the molecule is CC1(C)C2CCC(C2)C1(O)C[N+](=O)[O-]. The van der Waals surface area contributed by atoms with Crippen LogP contribution in [-0.2, 0) is 0 Å². The van der Waals surface area contributed by atoms with Gasteiger partial charge in [0.1, 0.15) is 5.60 Å². The van der Waals surface area contributed by atoms with Crippen LogP contribution in [0.5, 0.6) is 0 Å². The summed E-state index contributed by atoms with van der Waals surface area (Å²) < 4.78 is 0. The monoisotopic (exact) mass is 199 g/mol. The molecular formula is C10H17NO3. The zero-order chi connectivity index (χ0) is 10.6. The Morgan fingerprint density at radius 1 is 1.43 bits per heavy atom. The van der Waals surface area contributed by atoms with Crippen LogP contribution in [0.4, 0.5) is 0 Å². The van der Waals surface area contributed by atoms with Gasteiger partial charge in [-0.05, 0) is 31.1 Å². The summed E-state index contributed by atoms with van der Waals surface area (Å²) in [6.07, 6.45) is 3.05.